The normalized spacial score (nSPS) is 15.5. The Morgan fingerprint density at radius 3 is 2.29 bits per heavy atom. The van der Waals surface area contributed by atoms with Crippen LogP contribution in [0.4, 0.5) is 18.9 Å². The third-order valence-corrected chi connectivity index (χ3v) is 6.59. The second kappa shape index (κ2) is 8.89. The van der Waals surface area contributed by atoms with Gasteiger partial charge in [-0.1, -0.05) is 6.07 Å². The first-order chi connectivity index (χ1) is 14.6. The molecule has 2 aromatic rings. The maximum atomic E-state index is 12.9. The maximum Gasteiger partial charge on any atom is 0.416 e. The SMILES string of the molecule is COc1ccc(S(=O)(=O)/C(C#N)=C/N2CCN(c3cccc(C(F)(F)F)c3)CC2)cc1. The predicted molar refractivity (Wildman–Crippen MR) is 109 cm³/mol. The lowest BCUT2D eigenvalue weighted by molar-refractivity contribution is -0.137. The molecule has 10 heteroatoms. The highest BCUT2D eigenvalue weighted by Gasteiger charge is 2.31. The summed E-state index contributed by atoms with van der Waals surface area (Å²) in [5.41, 5.74) is -0.269. The van der Waals surface area contributed by atoms with Gasteiger partial charge in [0.2, 0.25) is 9.84 Å². The van der Waals surface area contributed by atoms with Crippen molar-refractivity contribution in [1.82, 2.24) is 4.90 Å². The number of nitriles is 1. The number of anilines is 1. The van der Waals surface area contributed by atoms with Crippen LogP contribution in [0.3, 0.4) is 0 Å². The summed E-state index contributed by atoms with van der Waals surface area (Å²) in [7, 11) is -2.54. The molecule has 31 heavy (non-hydrogen) atoms. The van der Waals surface area contributed by atoms with Crippen LogP contribution < -0.4 is 9.64 Å². The molecule has 0 saturated carbocycles. The molecule has 1 aliphatic heterocycles. The van der Waals surface area contributed by atoms with Gasteiger partial charge >= 0.3 is 6.18 Å². The van der Waals surface area contributed by atoms with E-state index in [1.165, 1.54) is 43.6 Å². The van der Waals surface area contributed by atoms with Crippen LogP contribution in [0.1, 0.15) is 5.56 Å². The van der Waals surface area contributed by atoms with E-state index < -0.39 is 26.5 Å². The van der Waals surface area contributed by atoms with Crippen LogP contribution in [-0.2, 0) is 16.0 Å². The molecule has 1 heterocycles. The number of hydrogen-bond acceptors (Lipinski definition) is 6. The number of halogens is 3. The van der Waals surface area contributed by atoms with Crippen LogP contribution in [0, 0.1) is 11.3 Å². The van der Waals surface area contributed by atoms with Crippen molar-refractivity contribution in [3.8, 4) is 11.8 Å². The van der Waals surface area contributed by atoms with Gasteiger partial charge in [0.25, 0.3) is 0 Å². The monoisotopic (exact) mass is 451 g/mol. The number of alkyl halides is 3. The molecule has 3 rings (SSSR count). The first-order valence-corrected chi connectivity index (χ1v) is 10.8. The van der Waals surface area contributed by atoms with Crippen LogP contribution >= 0.6 is 0 Å². The molecule has 0 aliphatic carbocycles. The Morgan fingerprint density at radius 2 is 1.74 bits per heavy atom. The number of sulfone groups is 1. The fraction of sp³-hybridized carbons (Fsp3) is 0.286. The van der Waals surface area contributed by atoms with Gasteiger partial charge in [0.15, 0.2) is 4.91 Å². The molecule has 0 aromatic heterocycles. The lowest BCUT2D eigenvalue weighted by Gasteiger charge is -2.35. The fourth-order valence-corrected chi connectivity index (χ4v) is 4.35. The number of nitrogens with zero attached hydrogens (tertiary/aromatic N) is 3. The average Bonchev–Trinajstić information content (AvgIpc) is 2.77. The summed E-state index contributed by atoms with van der Waals surface area (Å²) < 4.78 is 69.4. The van der Waals surface area contributed by atoms with Gasteiger partial charge in [-0.05, 0) is 42.5 Å². The Kier molecular flexibility index (Phi) is 6.45. The van der Waals surface area contributed by atoms with Crippen LogP contribution in [0.15, 0.2) is 64.5 Å². The second-order valence-corrected chi connectivity index (χ2v) is 8.77. The molecule has 0 N–H and O–H groups in total. The smallest absolute Gasteiger partial charge is 0.416 e. The zero-order chi connectivity index (χ0) is 22.6. The van der Waals surface area contributed by atoms with Crippen molar-refractivity contribution in [3.05, 3.63) is 65.2 Å². The molecule has 0 radical (unpaired) electrons. The van der Waals surface area contributed by atoms with Gasteiger partial charge in [0.1, 0.15) is 11.8 Å². The highest BCUT2D eigenvalue weighted by atomic mass is 32.2. The zero-order valence-electron chi connectivity index (χ0n) is 16.6. The van der Waals surface area contributed by atoms with Gasteiger partial charge in [-0.25, -0.2) is 8.42 Å². The summed E-state index contributed by atoms with van der Waals surface area (Å²) in [6.45, 7) is 1.50. The molecule has 6 nitrogen and oxygen atoms in total. The first kappa shape index (κ1) is 22.5. The number of rotatable bonds is 5. The largest absolute Gasteiger partial charge is 0.497 e. The summed E-state index contributed by atoms with van der Waals surface area (Å²) >= 11 is 0. The average molecular weight is 451 g/mol. The number of ether oxygens (including phenoxy) is 1. The van der Waals surface area contributed by atoms with Crippen LogP contribution in [-0.4, -0.2) is 46.6 Å². The zero-order valence-corrected chi connectivity index (χ0v) is 17.4. The van der Waals surface area contributed by atoms with Gasteiger partial charge in [0, 0.05) is 38.1 Å². The molecule has 1 fully saturated rings. The van der Waals surface area contributed by atoms with E-state index in [9.17, 15) is 26.9 Å². The Labute approximate surface area is 178 Å². The van der Waals surface area contributed by atoms with Crippen molar-refractivity contribution in [2.24, 2.45) is 0 Å². The van der Waals surface area contributed by atoms with E-state index >= 15 is 0 Å². The van der Waals surface area contributed by atoms with E-state index in [1.807, 2.05) is 0 Å². The highest BCUT2D eigenvalue weighted by molar-refractivity contribution is 7.95. The Morgan fingerprint density at radius 1 is 1.10 bits per heavy atom. The summed E-state index contributed by atoms with van der Waals surface area (Å²) in [5, 5.41) is 9.43. The lowest BCUT2D eigenvalue weighted by Crippen LogP contribution is -2.44. The van der Waals surface area contributed by atoms with E-state index in [-0.39, 0.29) is 4.90 Å². The van der Waals surface area contributed by atoms with Crippen molar-refractivity contribution in [2.75, 3.05) is 38.2 Å². The van der Waals surface area contributed by atoms with E-state index in [2.05, 4.69) is 0 Å². The standard InChI is InChI=1S/C21H20F3N3O3S/c1-30-18-5-7-19(8-6-18)31(28,29)20(14-25)15-26-9-11-27(12-10-26)17-4-2-3-16(13-17)21(22,23)24/h2-8,13,15H,9-12H2,1H3/b20-15+. The molecule has 0 amide bonds. The minimum Gasteiger partial charge on any atom is -0.497 e. The summed E-state index contributed by atoms with van der Waals surface area (Å²) in [4.78, 5) is 3.06. The molecule has 1 aliphatic rings. The van der Waals surface area contributed by atoms with Crippen LogP contribution in [0.25, 0.3) is 0 Å². The van der Waals surface area contributed by atoms with Gasteiger partial charge in [0.05, 0.1) is 17.6 Å². The quantitative estimate of drug-likeness (QED) is 0.646. The summed E-state index contributed by atoms with van der Waals surface area (Å²) in [6.07, 6.45) is -3.12. The summed E-state index contributed by atoms with van der Waals surface area (Å²) in [6, 6.07) is 12.6. The van der Waals surface area contributed by atoms with E-state index in [0.717, 1.165) is 12.1 Å². The Hall–Kier alpha value is -3.19. The van der Waals surface area contributed by atoms with Crippen molar-refractivity contribution in [1.29, 1.82) is 5.26 Å². The molecule has 0 spiro atoms. The highest BCUT2D eigenvalue weighted by Crippen LogP contribution is 2.32. The maximum absolute atomic E-state index is 12.9. The van der Waals surface area contributed by atoms with Gasteiger partial charge in [-0.2, -0.15) is 18.4 Å². The van der Waals surface area contributed by atoms with E-state index in [0.29, 0.717) is 37.6 Å². The minimum atomic E-state index is -4.42. The fourth-order valence-electron chi connectivity index (χ4n) is 3.19. The molecular weight excluding hydrogens is 431 g/mol. The van der Waals surface area contributed by atoms with E-state index in [1.54, 1.807) is 21.9 Å². The number of allylic oxidation sites excluding steroid dienone is 1. The molecule has 1 saturated heterocycles. The second-order valence-electron chi connectivity index (χ2n) is 6.86. The number of piperazine rings is 1. The number of benzene rings is 2. The predicted octanol–water partition coefficient (Wildman–Crippen LogP) is 3.67. The first-order valence-electron chi connectivity index (χ1n) is 9.32. The van der Waals surface area contributed by atoms with Crippen molar-refractivity contribution in [3.63, 3.8) is 0 Å². The van der Waals surface area contributed by atoms with Gasteiger partial charge in [-0.15, -0.1) is 0 Å². The molecule has 164 valence electrons. The molecular formula is C21H20F3N3O3S. The van der Waals surface area contributed by atoms with Gasteiger partial charge < -0.3 is 14.5 Å². The van der Waals surface area contributed by atoms with E-state index in [4.69, 9.17) is 4.74 Å². The van der Waals surface area contributed by atoms with Crippen molar-refractivity contribution < 1.29 is 26.3 Å². The molecule has 0 bridgehead atoms. The third kappa shape index (κ3) is 5.11. The van der Waals surface area contributed by atoms with Gasteiger partial charge in [-0.3, -0.25) is 0 Å². The molecule has 2 aromatic carbocycles. The summed E-state index contributed by atoms with van der Waals surface area (Å²) in [5.74, 6) is 0.493. The van der Waals surface area contributed by atoms with Crippen LogP contribution in [0.2, 0.25) is 0 Å². The lowest BCUT2D eigenvalue weighted by atomic mass is 10.1. The molecule has 0 unspecified atom stereocenters. The Balaban J connectivity index is 1.73. The third-order valence-electron chi connectivity index (χ3n) is 4.92. The Bertz CT molecular complexity index is 1100. The topological polar surface area (TPSA) is 73.6 Å². The van der Waals surface area contributed by atoms with Crippen molar-refractivity contribution in [2.45, 2.75) is 11.1 Å². The van der Waals surface area contributed by atoms with Crippen LogP contribution in [0.5, 0.6) is 5.75 Å². The number of methoxy groups -OCH3 is 1. The minimum absolute atomic E-state index is 0.0244. The molecule has 0 atom stereocenters. The van der Waals surface area contributed by atoms with Crippen molar-refractivity contribution >= 4 is 15.5 Å². The number of hydrogen-bond donors (Lipinski definition) is 0.